The van der Waals surface area contributed by atoms with E-state index in [-0.39, 0.29) is 54.9 Å². The molecule has 0 radical (unpaired) electrons. The molecule has 0 atom stereocenters. The summed E-state index contributed by atoms with van der Waals surface area (Å²) in [5.41, 5.74) is 0.861. The van der Waals surface area contributed by atoms with Crippen LogP contribution in [0.25, 0.3) is 21.7 Å². The van der Waals surface area contributed by atoms with Crippen molar-refractivity contribution in [2.75, 3.05) is 0 Å². The van der Waals surface area contributed by atoms with Crippen LogP contribution in [-0.4, -0.2) is 4.98 Å². The standard InChI is InChI=1S/C13H9NO.Eu/c15-12-8-7-10-6-5-9-3-1-2-4-11(9)13(10)14-12;/h1-8H,(H,14,15);/q;+3. The molecule has 2 nitrogen and oxygen atoms in total. The van der Waals surface area contributed by atoms with Crippen LogP contribution in [0.4, 0.5) is 0 Å². The van der Waals surface area contributed by atoms with Gasteiger partial charge in [0.15, 0.2) is 0 Å². The maximum Gasteiger partial charge on any atom is 3.00 e. The quantitative estimate of drug-likeness (QED) is 0.623. The van der Waals surface area contributed by atoms with Crippen LogP contribution >= 0.6 is 0 Å². The summed E-state index contributed by atoms with van der Waals surface area (Å²) in [6, 6.07) is 15.5. The van der Waals surface area contributed by atoms with Crippen molar-refractivity contribution < 1.29 is 49.4 Å². The van der Waals surface area contributed by atoms with Crippen LogP contribution in [0, 0.1) is 49.4 Å². The minimum Gasteiger partial charge on any atom is -0.321 e. The number of aromatic amines is 1. The molecule has 3 rings (SSSR count). The van der Waals surface area contributed by atoms with Crippen molar-refractivity contribution in [3.05, 3.63) is 58.9 Å². The van der Waals surface area contributed by atoms with Gasteiger partial charge in [0.1, 0.15) is 0 Å². The van der Waals surface area contributed by atoms with Gasteiger partial charge in [0.25, 0.3) is 0 Å². The summed E-state index contributed by atoms with van der Waals surface area (Å²) in [7, 11) is 0. The second kappa shape index (κ2) is 4.78. The topological polar surface area (TPSA) is 32.9 Å². The van der Waals surface area contributed by atoms with E-state index in [0.29, 0.717) is 0 Å². The van der Waals surface area contributed by atoms with E-state index in [0.717, 1.165) is 21.7 Å². The fraction of sp³-hybridized carbons (Fsp3) is 0. The first-order valence-electron chi connectivity index (χ1n) is 4.85. The minimum absolute atomic E-state index is 0. The molecule has 0 spiro atoms. The number of aromatic nitrogens is 1. The number of H-pyrrole nitrogens is 1. The fourth-order valence-electron chi connectivity index (χ4n) is 1.90. The zero-order valence-electron chi connectivity index (χ0n) is 8.41. The smallest absolute Gasteiger partial charge is 0.321 e. The third kappa shape index (κ3) is 2.00. The maximum atomic E-state index is 11.3. The molecule has 0 fully saturated rings. The Hall–Kier alpha value is -0.506. The van der Waals surface area contributed by atoms with Crippen LogP contribution in [0.2, 0.25) is 0 Å². The molecule has 2 aromatic carbocycles. The first kappa shape index (κ1) is 12.0. The first-order valence-corrected chi connectivity index (χ1v) is 4.85. The number of nitrogens with one attached hydrogen (secondary N) is 1. The number of pyridine rings is 1. The molecule has 0 amide bonds. The number of hydrogen-bond acceptors (Lipinski definition) is 1. The van der Waals surface area contributed by atoms with Gasteiger partial charge in [0.2, 0.25) is 5.56 Å². The van der Waals surface area contributed by atoms with Crippen molar-refractivity contribution in [3.8, 4) is 0 Å². The molecular formula is C13H9EuNO+3. The van der Waals surface area contributed by atoms with Crippen molar-refractivity contribution in [2.45, 2.75) is 0 Å². The molecule has 0 unspecified atom stereocenters. The van der Waals surface area contributed by atoms with Crippen molar-refractivity contribution in [1.29, 1.82) is 0 Å². The monoisotopic (exact) mass is 348 g/mol. The van der Waals surface area contributed by atoms with E-state index in [1.54, 1.807) is 6.07 Å². The summed E-state index contributed by atoms with van der Waals surface area (Å²) < 4.78 is 0. The second-order valence-corrected chi connectivity index (χ2v) is 3.57. The van der Waals surface area contributed by atoms with Gasteiger partial charge >= 0.3 is 49.4 Å². The minimum atomic E-state index is -0.0566. The largest absolute Gasteiger partial charge is 3.00 e. The molecule has 3 aromatic rings. The van der Waals surface area contributed by atoms with E-state index in [1.807, 2.05) is 36.4 Å². The molecule has 3 heteroatoms. The SMILES string of the molecule is O=c1ccc2ccc3ccccc3c2[nH]1.[Eu+3]. The van der Waals surface area contributed by atoms with E-state index in [2.05, 4.69) is 11.1 Å². The number of rotatable bonds is 0. The Morgan fingerprint density at radius 1 is 0.812 bits per heavy atom. The molecule has 0 bridgehead atoms. The number of benzene rings is 2. The Balaban J connectivity index is 0.000000963. The van der Waals surface area contributed by atoms with E-state index in [1.165, 1.54) is 0 Å². The van der Waals surface area contributed by atoms with Gasteiger partial charge in [0.05, 0.1) is 5.52 Å². The summed E-state index contributed by atoms with van der Waals surface area (Å²) in [5.74, 6) is 0. The van der Waals surface area contributed by atoms with Crippen LogP contribution in [0.15, 0.2) is 53.3 Å². The van der Waals surface area contributed by atoms with E-state index < -0.39 is 0 Å². The Kier molecular flexibility index (Phi) is 3.58. The Bertz CT molecular complexity index is 703. The molecular weight excluding hydrogens is 338 g/mol. The average Bonchev–Trinajstić information content (AvgIpc) is 2.29. The van der Waals surface area contributed by atoms with E-state index in [9.17, 15) is 4.79 Å². The molecule has 0 saturated carbocycles. The van der Waals surface area contributed by atoms with Gasteiger partial charge in [0, 0.05) is 11.5 Å². The summed E-state index contributed by atoms with van der Waals surface area (Å²) >= 11 is 0. The first-order chi connectivity index (χ1) is 7.34. The van der Waals surface area contributed by atoms with Gasteiger partial charge in [-0.05, 0) is 16.8 Å². The molecule has 0 saturated heterocycles. The average molecular weight is 347 g/mol. The number of fused-ring (bicyclic) bond motifs is 3. The van der Waals surface area contributed by atoms with E-state index >= 15 is 0 Å². The van der Waals surface area contributed by atoms with Crippen LogP contribution in [0.5, 0.6) is 0 Å². The van der Waals surface area contributed by atoms with Crippen molar-refractivity contribution >= 4 is 21.7 Å². The molecule has 76 valence electrons. The normalized spacial score (nSPS) is 10.2. The van der Waals surface area contributed by atoms with Crippen LogP contribution in [0.3, 0.4) is 0 Å². The summed E-state index contributed by atoms with van der Waals surface area (Å²) in [4.78, 5) is 14.1. The van der Waals surface area contributed by atoms with Crippen molar-refractivity contribution in [2.24, 2.45) is 0 Å². The third-order valence-electron chi connectivity index (χ3n) is 2.62. The van der Waals surface area contributed by atoms with E-state index in [4.69, 9.17) is 0 Å². The molecule has 1 N–H and O–H groups in total. The second-order valence-electron chi connectivity index (χ2n) is 3.57. The predicted octanol–water partition coefficient (Wildman–Crippen LogP) is 2.68. The van der Waals surface area contributed by atoms with Crippen LogP contribution in [-0.2, 0) is 0 Å². The summed E-state index contributed by atoms with van der Waals surface area (Å²) in [6.45, 7) is 0. The van der Waals surface area contributed by atoms with Crippen LogP contribution in [0.1, 0.15) is 0 Å². The fourth-order valence-corrected chi connectivity index (χ4v) is 1.90. The van der Waals surface area contributed by atoms with Gasteiger partial charge in [-0.25, -0.2) is 0 Å². The van der Waals surface area contributed by atoms with Gasteiger partial charge in [-0.1, -0.05) is 36.4 Å². The van der Waals surface area contributed by atoms with Gasteiger partial charge in [-0.15, -0.1) is 0 Å². The summed E-state index contributed by atoms with van der Waals surface area (Å²) in [5, 5.41) is 3.30. The van der Waals surface area contributed by atoms with Crippen molar-refractivity contribution in [1.82, 2.24) is 4.98 Å². The molecule has 16 heavy (non-hydrogen) atoms. The van der Waals surface area contributed by atoms with Crippen LogP contribution < -0.4 is 5.56 Å². The molecule has 0 aliphatic heterocycles. The molecule has 1 heterocycles. The molecule has 0 aliphatic rings. The number of hydrogen-bond donors (Lipinski definition) is 1. The molecule has 1 aromatic heterocycles. The zero-order chi connectivity index (χ0) is 10.3. The van der Waals surface area contributed by atoms with Crippen molar-refractivity contribution in [3.63, 3.8) is 0 Å². The van der Waals surface area contributed by atoms with Gasteiger partial charge in [-0.2, -0.15) is 0 Å². The Morgan fingerprint density at radius 3 is 2.38 bits per heavy atom. The Labute approximate surface area is 133 Å². The predicted molar refractivity (Wildman–Crippen MR) is 62.1 cm³/mol. The summed E-state index contributed by atoms with van der Waals surface area (Å²) in [6.07, 6.45) is 0. The Morgan fingerprint density at radius 2 is 1.50 bits per heavy atom. The zero-order valence-corrected chi connectivity index (χ0v) is 10.8. The maximum absolute atomic E-state index is 11.3. The third-order valence-corrected chi connectivity index (χ3v) is 2.62. The molecule has 0 aliphatic carbocycles. The van der Waals surface area contributed by atoms with Gasteiger partial charge < -0.3 is 4.98 Å². The van der Waals surface area contributed by atoms with Gasteiger partial charge in [-0.3, -0.25) is 4.79 Å².